The highest BCUT2D eigenvalue weighted by atomic mass is 19.1. The molecule has 2 rings (SSSR count). The van der Waals surface area contributed by atoms with Crippen LogP contribution in [-0.2, 0) is 9.53 Å². The molecule has 1 aromatic rings. The van der Waals surface area contributed by atoms with E-state index in [4.69, 9.17) is 4.74 Å². The van der Waals surface area contributed by atoms with E-state index in [-0.39, 0.29) is 11.7 Å². The molecule has 0 saturated carbocycles. The molecule has 0 N–H and O–H groups in total. The van der Waals surface area contributed by atoms with Crippen molar-refractivity contribution in [3.05, 3.63) is 30.1 Å². The number of carbonyl (C=O) groups is 1. The normalized spacial score (nSPS) is 15.8. The molecule has 128 valence electrons. The Kier molecular flexibility index (Phi) is 6.80. The Bertz CT molecular complexity index is 495. The minimum Gasteiger partial charge on any atom is -0.383 e. The Hall–Kier alpha value is -1.66. The molecule has 0 atom stereocenters. The first-order valence-corrected chi connectivity index (χ1v) is 8.06. The molecule has 0 aliphatic carbocycles. The van der Waals surface area contributed by atoms with Crippen LogP contribution in [0.2, 0.25) is 0 Å². The zero-order valence-corrected chi connectivity index (χ0v) is 14.0. The van der Waals surface area contributed by atoms with E-state index in [2.05, 4.69) is 4.90 Å². The number of halogens is 1. The molecule has 23 heavy (non-hydrogen) atoms. The summed E-state index contributed by atoms with van der Waals surface area (Å²) in [5, 5.41) is 0. The molecular weight excluding hydrogens is 297 g/mol. The first-order valence-electron chi connectivity index (χ1n) is 8.06. The number of hydrogen-bond donors (Lipinski definition) is 0. The Morgan fingerprint density at radius 1 is 1.22 bits per heavy atom. The SMILES string of the molecule is COCCN(C)CC(=O)N1CCCN(c2ccc(F)cc2)CC1. The van der Waals surface area contributed by atoms with Crippen molar-refractivity contribution >= 4 is 11.6 Å². The van der Waals surface area contributed by atoms with Crippen molar-refractivity contribution in [1.29, 1.82) is 0 Å². The second kappa shape index (κ2) is 8.84. The smallest absolute Gasteiger partial charge is 0.236 e. The predicted octanol–water partition coefficient (Wildman–Crippen LogP) is 1.44. The van der Waals surface area contributed by atoms with Crippen LogP contribution in [0.5, 0.6) is 0 Å². The van der Waals surface area contributed by atoms with E-state index < -0.39 is 0 Å². The van der Waals surface area contributed by atoms with Crippen molar-refractivity contribution < 1.29 is 13.9 Å². The first-order chi connectivity index (χ1) is 11.1. The maximum atomic E-state index is 13.0. The van der Waals surface area contributed by atoms with E-state index in [1.807, 2.05) is 16.8 Å². The van der Waals surface area contributed by atoms with Gasteiger partial charge in [0, 0.05) is 45.5 Å². The van der Waals surface area contributed by atoms with Gasteiger partial charge in [-0.2, -0.15) is 0 Å². The number of ether oxygens (including phenoxy) is 1. The second-order valence-electron chi connectivity index (χ2n) is 5.93. The molecule has 6 heteroatoms. The maximum absolute atomic E-state index is 13.0. The number of rotatable bonds is 6. The summed E-state index contributed by atoms with van der Waals surface area (Å²) in [5.41, 5.74) is 1.01. The fourth-order valence-electron chi connectivity index (χ4n) is 2.73. The van der Waals surface area contributed by atoms with Crippen LogP contribution >= 0.6 is 0 Å². The largest absolute Gasteiger partial charge is 0.383 e. The molecule has 1 aromatic carbocycles. The van der Waals surface area contributed by atoms with Crippen molar-refractivity contribution in [2.24, 2.45) is 0 Å². The molecule has 1 amide bonds. The van der Waals surface area contributed by atoms with Gasteiger partial charge in [-0.1, -0.05) is 0 Å². The lowest BCUT2D eigenvalue weighted by Gasteiger charge is -2.25. The van der Waals surface area contributed by atoms with Gasteiger partial charge in [-0.05, 0) is 37.7 Å². The standard InChI is InChI=1S/C17H26FN3O2/c1-19(12-13-23-2)14-17(22)21-9-3-8-20(10-11-21)16-6-4-15(18)5-7-16/h4-7H,3,8-14H2,1-2H3. The van der Waals surface area contributed by atoms with Gasteiger partial charge in [0.05, 0.1) is 13.2 Å². The molecular formula is C17H26FN3O2. The number of nitrogens with zero attached hydrogens (tertiary/aromatic N) is 3. The highest BCUT2D eigenvalue weighted by Gasteiger charge is 2.20. The van der Waals surface area contributed by atoms with Gasteiger partial charge < -0.3 is 14.5 Å². The van der Waals surface area contributed by atoms with Crippen molar-refractivity contribution in [3.63, 3.8) is 0 Å². The zero-order chi connectivity index (χ0) is 16.7. The molecule has 0 spiro atoms. The van der Waals surface area contributed by atoms with Gasteiger partial charge in [0.15, 0.2) is 0 Å². The third-order valence-corrected chi connectivity index (χ3v) is 4.12. The van der Waals surface area contributed by atoms with Crippen LogP contribution in [0, 0.1) is 5.82 Å². The fourth-order valence-corrected chi connectivity index (χ4v) is 2.73. The Balaban J connectivity index is 1.85. The van der Waals surface area contributed by atoms with Gasteiger partial charge in [0.25, 0.3) is 0 Å². The number of likely N-dealkylation sites (N-methyl/N-ethyl adjacent to an activating group) is 1. The molecule has 0 unspecified atom stereocenters. The van der Waals surface area contributed by atoms with Crippen molar-refractivity contribution in [2.75, 3.05) is 64.9 Å². The second-order valence-corrected chi connectivity index (χ2v) is 5.93. The summed E-state index contributed by atoms with van der Waals surface area (Å²) in [6.07, 6.45) is 0.922. The zero-order valence-electron chi connectivity index (χ0n) is 14.0. The Morgan fingerprint density at radius 2 is 1.96 bits per heavy atom. The van der Waals surface area contributed by atoms with E-state index in [9.17, 15) is 9.18 Å². The van der Waals surface area contributed by atoms with Crippen molar-refractivity contribution in [3.8, 4) is 0 Å². The highest BCUT2D eigenvalue weighted by molar-refractivity contribution is 5.78. The Labute approximate surface area is 137 Å². The van der Waals surface area contributed by atoms with Crippen LogP contribution in [0.25, 0.3) is 0 Å². The van der Waals surface area contributed by atoms with Gasteiger partial charge in [0.1, 0.15) is 5.82 Å². The fraction of sp³-hybridized carbons (Fsp3) is 0.588. The van der Waals surface area contributed by atoms with Crippen LogP contribution < -0.4 is 4.90 Å². The van der Waals surface area contributed by atoms with Gasteiger partial charge in [0.2, 0.25) is 5.91 Å². The van der Waals surface area contributed by atoms with Gasteiger partial charge in [-0.25, -0.2) is 4.39 Å². The first kappa shape index (κ1) is 17.7. The van der Waals surface area contributed by atoms with E-state index >= 15 is 0 Å². The van der Waals surface area contributed by atoms with Gasteiger partial charge in [-0.15, -0.1) is 0 Å². The van der Waals surface area contributed by atoms with Crippen LogP contribution in [0.4, 0.5) is 10.1 Å². The summed E-state index contributed by atoms with van der Waals surface area (Å²) in [6, 6.07) is 6.55. The molecule has 0 radical (unpaired) electrons. The molecule has 1 heterocycles. The lowest BCUT2D eigenvalue weighted by molar-refractivity contribution is -0.132. The minimum absolute atomic E-state index is 0.157. The van der Waals surface area contributed by atoms with Crippen LogP contribution in [0.15, 0.2) is 24.3 Å². The van der Waals surface area contributed by atoms with E-state index in [0.717, 1.165) is 38.3 Å². The summed E-state index contributed by atoms with van der Waals surface area (Å²) in [5.74, 6) is -0.0657. The van der Waals surface area contributed by atoms with Crippen LogP contribution in [-0.4, -0.2) is 75.7 Å². The van der Waals surface area contributed by atoms with E-state index in [1.165, 1.54) is 12.1 Å². The quantitative estimate of drug-likeness (QED) is 0.794. The predicted molar refractivity (Wildman–Crippen MR) is 89.2 cm³/mol. The number of methoxy groups -OCH3 is 1. The summed E-state index contributed by atoms with van der Waals surface area (Å²) < 4.78 is 18.1. The number of benzene rings is 1. The summed E-state index contributed by atoms with van der Waals surface area (Å²) in [6.45, 7) is 4.93. The van der Waals surface area contributed by atoms with Crippen molar-refractivity contribution in [1.82, 2.24) is 9.80 Å². The number of anilines is 1. The van der Waals surface area contributed by atoms with Crippen LogP contribution in [0.1, 0.15) is 6.42 Å². The molecule has 0 bridgehead atoms. The lowest BCUT2D eigenvalue weighted by atomic mass is 10.2. The van der Waals surface area contributed by atoms with E-state index in [1.54, 1.807) is 19.2 Å². The summed E-state index contributed by atoms with van der Waals surface area (Å²) in [4.78, 5) is 18.5. The monoisotopic (exact) mass is 323 g/mol. The van der Waals surface area contributed by atoms with Gasteiger partial charge in [-0.3, -0.25) is 9.69 Å². The number of amides is 1. The molecule has 5 nitrogen and oxygen atoms in total. The Morgan fingerprint density at radius 3 is 2.65 bits per heavy atom. The minimum atomic E-state index is -0.223. The van der Waals surface area contributed by atoms with E-state index in [0.29, 0.717) is 19.7 Å². The number of hydrogen-bond acceptors (Lipinski definition) is 4. The molecule has 0 aromatic heterocycles. The third-order valence-electron chi connectivity index (χ3n) is 4.12. The average molecular weight is 323 g/mol. The summed E-state index contributed by atoms with van der Waals surface area (Å²) >= 11 is 0. The van der Waals surface area contributed by atoms with Crippen molar-refractivity contribution in [2.45, 2.75) is 6.42 Å². The van der Waals surface area contributed by atoms with Crippen LogP contribution in [0.3, 0.4) is 0 Å². The average Bonchev–Trinajstić information content (AvgIpc) is 2.80. The number of carbonyl (C=O) groups excluding carboxylic acids is 1. The summed E-state index contributed by atoms with van der Waals surface area (Å²) in [7, 11) is 3.59. The molecule has 1 saturated heterocycles. The third kappa shape index (κ3) is 5.48. The molecule has 1 aliphatic rings. The maximum Gasteiger partial charge on any atom is 0.236 e. The van der Waals surface area contributed by atoms with Gasteiger partial charge >= 0.3 is 0 Å². The molecule has 1 fully saturated rings. The molecule has 1 aliphatic heterocycles. The highest BCUT2D eigenvalue weighted by Crippen LogP contribution is 2.17. The lowest BCUT2D eigenvalue weighted by Crippen LogP contribution is -2.41. The topological polar surface area (TPSA) is 36.0 Å².